The van der Waals surface area contributed by atoms with Gasteiger partial charge >= 0.3 is 0 Å². The lowest BCUT2D eigenvalue weighted by Crippen LogP contribution is -2.08. The van der Waals surface area contributed by atoms with Gasteiger partial charge in [0, 0.05) is 11.5 Å². The van der Waals surface area contributed by atoms with Crippen LogP contribution in [0, 0.1) is 6.92 Å². The Hall–Kier alpha value is -1.84. The molecule has 1 aromatic rings. The molecular weight excluding hydrogens is 208 g/mol. The van der Waals surface area contributed by atoms with Gasteiger partial charge in [-0.25, -0.2) is 0 Å². The summed E-state index contributed by atoms with van der Waals surface area (Å²) in [6.45, 7) is 4.52. The highest BCUT2D eigenvalue weighted by Crippen LogP contribution is 2.35. The number of Topliss-reactive ketones (excluding diaryl/α,β-unsaturated/α-hetero) is 1. The molecular formula is C12H14O4. The van der Waals surface area contributed by atoms with Gasteiger partial charge in [-0.05, 0) is 25.5 Å². The molecule has 0 spiro atoms. The number of carbonyl (C=O) groups is 2. The maximum Gasteiger partial charge on any atom is 0.154 e. The molecule has 0 aliphatic carbocycles. The number of aromatic hydroxyl groups is 2. The summed E-state index contributed by atoms with van der Waals surface area (Å²) < 4.78 is 0. The van der Waals surface area contributed by atoms with Crippen LogP contribution in [0.5, 0.6) is 11.5 Å². The zero-order chi connectivity index (χ0) is 12.5. The molecule has 0 unspecified atom stereocenters. The maximum absolute atomic E-state index is 11.2. The van der Waals surface area contributed by atoms with E-state index in [-0.39, 0.29) is 28.4 Å². The van der Waals surface area contributed by atoms with Crippen LogP contribution in [-0.2, 0) is 4.79 Å². The minimum atomic E-state index is -0.530. The van der Waals surface area contributed by atoms with E-state index in [1.807, 2.05) is 0 Å². The maximum atomic E-state index is 11.2. The first-order valence-electron chi connectivity index (χ1n) is 4.91. The molecule has 0 aliphatic heterocycles. The normalized spacial score (nSPS) is 12.2. The molecule has 0 radical (unpaired) electrons. The Morgan fingerprint density at radius 1 is 1.44 bits per heavy atom. The fourth-order valence-electron chi connectivity index (χ4n) is 1.49. The lowest BCUT2D eigenvalue weighted by molar-refractivity contribution is -0.118. The lowest BCUT2D eigenvalue weighted by atomic mass is 9.91. The molecule has 0 amide bonds. The first-order chi connectivity index (χ1) is 7.40. The Bertz CT molecular complexity index is 449. The number of ketones is 1. The van der Waals surface area contributed by atoms with Crippen molar-refractivity contribution in [3.05, 3.63) is 22.8 Å². The third-order valence-corrected chi connectivity index (χ3v) is 2.79. The second-order valence-corrected chi connectivity index (χ2v) is 3.82. The first-order valence-corrected chi connectivity index (χ1v) is 4.91. The van der Waals surface area contributed by atoms with Crippen molar-refractivity contribution in [3.8, 4) is 11.5 Å². The molecule has 0 aliphatic rings. The molecule has 1 atom stereocenters. The van der Waals surface area contributed by atoms with Crippen molar-refractivity contribution in [2.45, 2.75) is 26.7 Å². The lowest BCUT2D eigenvalue weighted by Gasteiger charge is -2.14. The zero-order valence-electron chi connectivity index (χ0n) is 9.44. The van der Waals surface area contributed by atoms with Crippen molar-refractivity contribution in [3.63, 3.8) is 0 Å². The van der Waals surface area contributed by atoms with Crippen LogP contribution in [0.2, 0.25) is 0 Å². The van der Waals surface area contributed by atoms with E-state index in [0.29, 0.717) is 11.8 Å². The zero-order valence-corrected chi connectivity index (χ0v) is 9.44. The van der Waals surface area contributed by atoms with Crippen LogP contribution in [-0.4, -0.2) is 22.3 Å². The molecule has 4 nitrogen and oxygen atoms in total. The highest BCUT2D eigenvalue weighted by Gasteiger charge is 2.20. The van der Waals surface area contributed by atoms with Crippen LogP contribution in [0.4, 0.5) is 0 Å². The quantitative estimate of drug-likeness (QED) is 0.766. The van der Waals surface area contributed by atoms with Gasteiger partial charge in [0.1, 0.15) is 17.3 Å². The Labute approximate surface area is 93.5 Å². The standard InChI is InChI=1S/C12H14O4/c1-6(8(3)14)9-4-11(15)7(2)12(16)10(9)5-13/h4-6,15-16H,1-3H3/t6-/m1/s1. The van der Waals surface area contributed by atoms with Crippen molar-refractivity contribution in [1.29, 1.82) is 0 Å². The van der Waals surface area contributed by atoms with Gasteiger partial charge in [-0.15, -0.1) is 0 Å². The van der Waals surface area contributed by atoms with Crippen LogP contribution in [0.3, 0.4) is 0 Å². The molecule has 0 saturated carbocycles. The van der Waals surface area contributed by atoms with Crippen molar-refractivity contribution < 1.29 is 19.8 Å². The number of benzene rings is 1. The van der Waals surface area contributed by atoms with Crippen LogP contribution in [0.15, 0.2) is 6.07 Å². The molecule has 0 saturated heterocycles. The Morgan fingerprint density at radius 3 is 2.44 bits per heavy atom. The smallest absolute Gasteiger partial charge is 0.154 e. The highest BCUT2D eigenvalue weighted by atomic mass is 16.3. The number of carbonyl (C=O) groups excluding carboxylic acids is 2. The summed E-state index contributed by atoms with van der Waals surface area (Å²) in [4.78, 5) is 22.1. The molecule has 0 heterocycles. The molecule has 0 bridgehead atoms. The van der Waals surface area contributed by atoms with Gasteiger partial charge in [-0.2, -0.15) is 0 Å². The number of aldehydes is 1. The van der Waals surface area contributed by atoms with Crippen LogP contribution in [0.25, 0.3) is 0 Å². The van der Waals surface area contributed by atoms with Gasteiger partial charge in [0.25, 0.3) is 0 Å². The van der Waals surface area contributed by atoms with Crippen LogP contribution < -0.4 is 0 Å². The second kappa shape index (κ2) is 4.35. The van der Waals surface area contributed by atoms with E-state index in [1.165, 1.54) is 19.9 Å². The number of phenolic OH excluding ortho intramolecular Hbond substituents is 2. The SMILES string of the molecule is CC(=O)[C@@H](C)c1cc(O)c(C)c(O)c1C=O. The summed E-state index contributed by atoms with van der Waals surface area (Å²) in [5.74, 6) is -1.05. The minimum absolute atomic E-state index is 0.0676. The largest absolute Gasteiger partial charge is 0.508 e. The molecule has 2 N–H and O–H groups in total. The summed E-state index contributed by atoms with van der Waals surface area (Å²) in [7, 11) is 0. The predicted octanol–water partition coefficient (Wildman–Crippen LogP) is 1.91. The topological polar surface area (TPSA) is 74.6 Å². The molecule has 0 fully saturated rings. The number of hydrogen-bond donors (Lipinski definition) is 2. The Balaban J connectivity index is 3.50. The molecule has 86 valence electrons. The van der Waals surface area contributed by atoms with E-state index in [1.54, 1.807) is 6.92 Å². The van der Waals surface area contributed by atoms with Crippen LogP contribution >= 0.6 is 0 Å². The van der Waals surface area contributed by atoms with Crippen LogP contribution in [0.1, 0.15) is 41.3 Å². The van der Waals surface area contributed by atoms with Crippen molar-refractivity contribution in [2.24, 2.45) is 0 Å². The van der Waals surface area contributed by atoms with Gasteiger partial charge in [0.2, 0.25) is 0 Å². The summed E-state index contributed by atoms with van der Waals surface area (Å²) in [5.41, 5.74) is 0.655. The average Bonchev–Trinajstić information content (AvgIpc) is 2.24. The molecule has 1 rings (SSSR count). The Morgan fingerprint density at radius 2 is 2.00 bits per heavy atom. The molecule has 0 aromatic heterocycles. The summed E-state index contributed by atoms with van der Waals surface area (Å²) in [6.07, 6.45) is 0.497. The first kappa shape index (κ1) is 12.2. The van der Waals surface area contributed by atoms with E-state index in [2.05, 4.69) is 0 Å². The minimum Gasteiger partial charge on any atom is -0.508 e. The third kappa shape index (κ3) is 1.91. The van der Waals surface area contributed by atoms with E-state index >= 15 is 0 Å². The summed E-state index contributed by atoms with van der Waals surface area (Å²) in [6, 6.07) is 1.35. The third-order valence-electron chi connectivity index (χ3n) is 2.79. The van der Waals surface area contributed by atoms with Gasteiger partial charge in [0.15, 0.2) is 6.29 Å². The van der Waals surface area contributed by atoms with Crippen molar-refractivity contribution in [1.82, 2.24) is 0 Å². The van der Waals surface area contributed by atoms with Gasteiger partial charge in [0.05, 0.1) is 5.56 Å². The predicted molar refractivity (Wildman–Crippen MR) is 59.0 cm³/mol. The molecule has 1 aromatic carbocycles. The second-order valence-electron chi connectivity index (χ2n) is 3.82. The number of rotatable bonds is 3. The highest BCUT2D eigenvalue weighted by molar-refractivity contribution is 5.90. The summed E-state index contributed by atoms with van der Waals surface area (Å²) in [5, 5.41) is 19.2. The average molecular weight is 222 g/mol. The fourth-order valence-corrected chi connectivity index (χ4v) is 1.49. The van der Waals surface area contributed by atoms with Gasteiger partial charge in [-0.3, -0.25) is 9.59 Å². The van der Waals surface area contributed by atoms with E-state index in [9.17, 15) is 19.8 Å². The number of phenols is 2. The van der Waals surface area contributed by atoms with Gasteiger partial charge in [-0.1, -0.05) is 6.92 Å². The molecule has 16 heavy (non-hydrogen) atoms. The Kier molecular flexibility index (Phi) is 3.32. The number of hydrogen-bond acceptors (Lipinski definition) is 4. The van der Waals surface area contributed by atoms with Gasteiger partial charge < -0.3 is 10.2 Å². The van der Waals surface area contributed by atoms with E-state index < -0.39 is 5.92 Å². The van der Waals surface area contributed by atoms with E-state index in [4.69, 9.17) is 0 Å². The van der Waals surface area contributed by atoms with E-state index in [0.717, 1.165) is 0 Å². The molecule has 4 heteroatoms. The fraction of sp³-hybridized carbons (Fsp3) is 0.333. The van der Waals surface area contributed by atoms with Crippen molar-refractivity contribution in [2.75, 3.05) is 0 Å². The monoisotopic (exact) mass is 222 g/mol. The van der Waals surface area contributed by atoms with Crippen molar-refractivity contribution >= 4 is 12.1 Å². The summed E-state index contributed by atoms with van der Waals surface area (Å²) >= 11 is 0.